The second kappa shape index (κ2) is 7.85. The molecule has 1 heterocycles. The van der Waals surface area contributed by atoms with Crippen LogP contribution in [-0.2, 0) is 9.59 Å². The molecular formula is C17H22O6. The maximum Gasteiger partial charge on any atom is 0.317 e. The van der Waals surface area contributed by atoms with Crippen LogP contribution in [0.3, 0.4) is 0 Å². The summed E-state index contributed by atoms with van der Waals surface area (Å²) in [6.45, 7) is 2.22. The van der Waals surface area contributed by atoms with E-state index >= 15 is 0 Å². The average molecular weight is 322 g/mol. The fourth-order valence-electron chi connectivity index (χ4n) is 2.91. The molecule has 23 heavy (non-hydrogen) atoms. The number of para-hydroxylation sites is 1. The summed E-state index contributed by atoms with van der Waals surface area (Å²) in [4.78, 5) is 22.5. The Morgan fingerprint density at radius 3 is 2.57 bits per heavy atom. The van der Waals surface area contributed by atoms with Gasteiger partial charge < -0.3 is 19.7 Å². The second-order valence-electron chi connectivity index (χ2n) is 5.74. The number of rotatable bonds is 9. The maximum absolute atomic E-state index is 11.2. The van der Waals surface area contributed by atoms with Gasteiger partial charge >= 0.3 is 11.9 Å². The third kappa shape index (κ3) is 4.15. The minimum absolute atomic E-state index is 0.0498. The van der Waals surface area contributed by atoms with Crippen LogP contribution >= 0.6 is 0 Å². The number of carboxylic acid groups (broad SMARTS) is 2. The lowest BCUT2D eigenvalue weighted by molar-refractivity contribution is -0.155. The van der Waals surface area contributed by atoms with Crippen molar-refractivity contribution >= 4 is 11.9 Å². The maximum atomic E-state index is 11.2. The SMILES string of the molecule is CCCCCC(CC(C(=O)O)C(=O)O)c1cccc2c1OCO2. The van der Waals surface area contributed by atoms with Crippen molar-refractivity contribution in [1.29, 1.82) is 0 Å². The molecule has 0 amide bonds. The Bertz CT molecular complexity index is 554. The Balaban J connectivity index is 2.25. The third-order valence-corrected chi connectivity index (χ3v) is 4.14. The highest BCUT2D eigenvalue weighted by molar-refractivity contribution is 5.92. The molecule has 6 nitrogen and oxygen atoms in total. The zero-order valence-corrected chi connectivity index (χ0v) is 13.2. The van der Waals surface area contributed by atoms with Crippen molar-refractivity contribution in [3.8, 4) is 11.5 Å². The molecule has 0 saturated heterocycles. The number of hydrogen-bond donors (Lipinski definition) is 2. The molecule has 0 aromatic heterocycles. The van der Waals surface area contributed by atoms with E-state index in [0.717, 1.165) is 31.2 Å². The molecule has 1 aliphatic rings. The number of carboxylic acids is 2. The van der Waals surface area contributed by atoms with Gasteiger partial charge in [-0.25, -0.2) is 0 Å². The van der Waals surface area contributed by atoms with Gasteiger partial charge in [0, 0.05) is 5.56 Å². The average Bonchev–Trinajstić information content (AvgIpc) is 2.98. The monoisotopic (exact) mass is 322 g/mol. The lowest BCUT2D eigenvalue weighted by Crippen LogP contribution is -2.25. The second-order valence-corrected chi connectivity index (χ2v) is 5.74. The minimum Gasteiger partial charge on any atom is -0.481 e. The lowest BCUT2D eigenvalue weighted by Gasteiger charge is -2.21. The summed E-state index contributed by atoms with van der Waals surface area (Å²) in [7, 11) is 0. The molecule has 126 valence electrons. The lowest BCUT2D eigenvalue weighted by atomic mass is 9.84. The Labute approximate surface area is 135 Å². The van der Waals surface area contributed by atoms with Crippen molar-refractivity contribution in [3.05, 3.63) is 23.8 Å². The van der Waals surface area contributed by atoms with E-state index < -0.39 is 17.9 Å². The molecule has 0 bridgehead atoms. The first-order valence-electron chi connectivity index (χ1n) is 7.88. The van der Waals surface area contributed by atoms with Gasteiger partial charge in [-0.2, -0.15) is 0 Å². The van der Waals surface area contributed by atoms with Gasteiger partial charge in [-0.1, -0.05) is 38.3 Å². The Hall–Kier alpha value is -2.24. The summed E-state index contributed by atoms with van der Waals surface area (Å²) in [5.41, 5.74) is 0.837. The smallest absolute Gasteiger partial charge is 0.317 e. The van der Waals surface area contributed by atoms with Crippen molar-refractivity contribution in [3.63, 3.8) is 0 Å². The molecule has 0 radical (unpaired) electrons. The van der Waals surface area contributed by atoms with Crippen LogP contribution < -0.4 is 9.47 Å². The zero-order chi connectivity index (χ0) is 16.8. The quantitative estimate of drug-likeness (QED) is 0.535. The molecule has 0 saturated carbocycles. The summed E-state index contributed by atoms with van der Waals surface area (Å²) in [5.74, 6) is -2.96. The normalized spacial score (nSPS) is 14.0. The van der Waals surface area contributed by atoms with E-state index in [1.807, 2.05) is 12.1 Å². The summed E-state index contributed by atoms with van der Waals surface area (Å²) in [6.07, 6.45) is 3.75. The highest BCUT2D eigenvalue weighted by Gasteiger charge is 2.32. The number of benzene rings is 1. The van der Waals surface area contributed by atoms with E-state index in [1.165, 1.54) is 0 Å². The molecule has 1 aromatic carbocycles. The van der Waals surface area contributed by atoms with Crippen molar-refractivity contribution in [2.45, 2.75) is 44.9 Å². The largest absolute Gasteiger partial charge is 0.481 e. The van der Waals surface area contributed by atoms with Crippen molar-refractivity contribution in [1.82, 2.24) is 0 Å². The van der Waals surface area contributed by atoms with Gasteiger partial charge in [-0.05, 0) is 24.8 Å². The van der Waals surface area contributed by atoms with Crippen LogP contribution in [0.4, 0.5) is 0 Å². The van der Waals surface area contributed by atoms with E-state index in [1.54, 1.807) is 6.07 Å². The standard InChI is InChI=1S/C17H22O6/c1-2-3-4-6-11(9-13(16(18)19)17(20)21)12-7-5-8-14-15(12)23-10-22-14/h5,7-8,11,13H,2-4,6,9-10H2,1H3,(H,18,19)(H,20,21). The number of carbonyl (C=O) groups is 2. The first-order valence-corrected chi connectivity index (χ1v) is 7.88. The first kappa shape index (κ1) is 17.1. The van der Waals surface area contributed by atoms with Crippen LogP contribution in [0.25, 0.3) is 0 Å². The third-order valence-electron chi connectivity index (χ3n) is 4.14. The highest BCUT2D eigenvalue weighted by atomic mass is 16.7. The Morgan fingerprint density at radius 2 is 1.91 bits per heavy atom. The van der Waals surface area contributed by atoms with Crippen LogP contribution in [-0.4, -0.2) is 28.9 Å². The van der Waals surface area contributed by atoms with E-state index in [4.69, 9.17) is 19.7 Å². The molecular weight excluding hydrogens is 300 g/mol. The molecule has 2 rings (SSSR count). The van der Waals surface area contributed by atoms with Gasteiger partial charge in [0.25, 0.3) is 0 Å². The van der Waals surface area contributed by atoms with Gasteiger partial charge in [-0.3, -0.25) is 9.59 Å². The highest BCUT2D eigenvalue weighted by Crippen LogP contribution is 2.42. The van der Waals surface area contributed by atoms with Crippen LogP contribution in [0.5, 0.6) is 11.5 Å². The van der Waals surface area contributed by atoms with E-state index in [2.05, 4.69) is 6.92 Å². The van der Waals surface area contributed by atoms with Gasteiger partial charge in [0.2, 0.25) is 6.79 Å². The number of ether oxygens (including phenoxy) is 2. The van der Waals surface area contributed by atoms with Gasteiger partial charge in [0.1, 0.15) is 0 Å². The first-order chi connectivity index (χ1) is 11.0. The molecule has 1 unspecified atom stereocenters. The van der Waals surface area contributed by atoms with Crippen LogP contribution in [0, 0.1) is 5.92 Å². The molecule has 1 atom stereocenters. The van der Waals surface area contributed by atoms with Gasteiger partial charge in [0.15, 0.2) is 17.4 Å². The topological polar surface area (TPSA) is 93.1 Å². The molecule has 1 aromatic rings. The van der Waals surface area contributed by atoms with Crippen molar-refractivity contribution < 1.29 is 29.3 Å². The van der Waals surface area contributed by atoms with Crippen LogP contribution in [0.1, 0.15) is 50.5 Å². The van der Waals surface area contributed by atoms with E-state index in [-0.39, 0.29) is 19.1 Å². The summed E-state index contributed by atoms with van der Waals surface area (Å²) < 4.78 is 10.9. The number of hydrogen-bond acceptors (Lipinski definition) is 4. The zero-order valence-electron chi connectivity index (χ0n) is 13.2. The number of fused-ring (bicyclic) bond motifs is 1. The fourth-order valence-corrected chi connectivity index (χ4v) is 2.91. The molecule has 0 fully saturated rings. The summed E-state index contributed by atoms with van der Waals surface area (Å²) in [5, 5.41) is 18.3. The Kier molecular flexibility index (Phi) is 5.84. The fraction of sp³-hybridized carbons (Fsp3) is 0.529. The summed E-state index contributed by atoms with van der Waals surface area (Å²) in [6, 6.07) is 5.48. The van der Waals surface area contributed by atoms with E-state index in [9.17, 15) is 9.59 Å². The predicted octanol–water partition coefficient (Wildman–Crippen LogP) is 3.25. The molecule has 0 aliphatic carbocycles. The van der Waals surface area contributed by atoms with Crippen molar-refractivity contribution in [2.24, 2.45) is 5.92 Å². The summed E-state index contributed by atoms with van der Waals surface area (Å²) >= 11 is 0. The Morgan fingerprint density at radius 1 is 1.17 bits per heavy atom. The van der Waals surface area contributed by atoms with Crippen molar-refractivity contribution in [2.75, 3.05) is 6.79 Å². The molecule has 2 N–H and O–H groups in total. The molecule has 6 heteroatoms. The van der Waals surface area contributed by atoms with Gasteiger partial charge in [0.05, 0.1) is 0 Å². The number of unbranched alkanes of at least 4 members (excludes halogenated alkanes) is 2. The van der Waals surface area contributed by atoms with Crippen LogP contribution in [0.15, 0.2) is 18.2 Å². The number of aliphatic carboxylic acids is 2. The molecule has 0 spiro atoms. The predicted molar refractivity (Wildman–Crippen MR) is 82.8 cm³/mol. The minimum atomic E-state index is -1.42. The van der Waals surface area contributed by atoms with E-state index in [0.29, 0.717) is 11.5 Å². The van der Waals surface area contributed by atoms with Gasteiger partial charge in [-0.15, -0.1) is 0 Å². The van der Waals surface area contributed by atoms with Crippen LogP contribution in [0.2, 0.25) is 0 Å². The molecule has 1 aliphatic heterocycles.